The van der Waals surface area contributed by atoms with Gasteiger partial charge in [-0.05, 0) is 69.3 Å². The van der Waals surface area contributed by atoms with Crippen molar-refractivity contribution in [3.8, 4) is 23.3 Å². The average Bonchev–Trinajstić information content (AvgIpc) is 3.45. The summed E-state index contributed by atoms with van der Waals surface area (Å²) in [4.78, 5) is 11.6. The molecule has 4 heterocycles. The normalized spacial score (nSPS) is 21.5. The quantitative estimate of drug-likeness (QED) is 0.342. The second-order valence-electron chi connectivity index (χ2n) is 12.1. The molecule has 12 heteroatoms. The van der Waals surface area contributed by atoms with E-state index in [1.165, 1.54) is 23.7 Å². The number of piperazine rings is 1. The molecular weight excluding hydrogens is 604 g/mol. The second kappa shape index (κ2) is 13.1. The smallest absolute Gasteiger partial charge is 0.281 e. The van der Waals surface area contributed by atoms with E-state index in [0.29, 0.717) is 41.1 Å². The molecule has 1 unspecified atom stereocenters. The average molecular weight is 647 g/mol. The molecule has 3 aromatic rings. The minimum Gasteiger partial charge on any atom is -0.497 e. The number of fused-ring (bicyclic) bond motifs is 1. The number of nitriles is 1. The van der Waals surface area contributed by atoms with Gasteiger partial charge in [-0.2, -0.15) is 13.7 Å². The molecule has 2 aromatic carbocycles. The van der Waals surface area contributed by atoms with E-state index in [1.54, 1.807) is 25.3 Å². The van der Waals surface area contributed by atoms with Gasteiger partial charge in [-0.25, -0.2) is 4.98 Å². The van der Waals surface area contributed by atoms with Crippen LogP contribution in [0.2, 0.25) is 0 Å². The molecule has 3 aliphatic rings. The summed E-state index contributed by atoms with van der Waals surface area (Å²) in [5.41, 5.74) is 1.64. The topological polar surface area (TPSA) is 111 Å². The van der Waals surface area contributed by atoms with E-state index >= 15 is 0 Å². The first-order valence-corrected chi connectivity index (χ1v) is 17.3. The maximum Gasteiger partial charge on any atom is 0.281 e. The number of anilines is 1. The van der Waals surface area contributed by atoms with Crippen molar-refractivity contribution in [1.29, 1.82) is 5.26 Å². The Bertz CT molecular complexity index is 1700. The van der Waals surface area contributed by atoms with Crippen LogP contribution in [0.4, 0.5) is 5.69 Å². The van der Waals surface area contributed by atoms with Gasteiger partial charge >= 0.3 is 0 Å². The number of ether oxygens (including phenoxy) is 3. The molecule has 1 atom stereocenters. The minimum atomic E-state index is -4.11. The van der Waals surface area contributed by atoms with Crippen molar-refractivity contribution in [3.63, 3.8) is 0 Å². The summed E-state index contributed by atoms with van der Waals surface area (Å²) in [6, 6.07) is 16.8. The van der Waals surface area contributed by atoms with E-state index in [4.69, 9.17) is 14.2 Å². The molecule has 1 aromatic heterocycles. The summed E-state index contributed by atoms with van der Waals surface area (Å²) in [7, 11) is 1.19. The molecule has 244 valence electrons. The summed E-state index contributed by atoms with van der Waals surface area (Å²) in [5.74, 6) is 1.74. The highest BCUT2D eigenvalue weighted by Gasteiger charge is 2.54. The van der Waals surface area contributed by atoms with E-state index in [-0.39, 0.29) is 11.6 Å². The van der Waals surface area contributed by atoms with Crippen LogP contribution in [0.1, 0.15) is 36.5 Å². The van der Waals surface area contributed by atoms with Gasteiger partial charge in [-0.1, -0.05) is 0 Å². The van der Waals surface area contributed by atoms with Gasteiger partial charge in [0.25, 0.3) is 10.0 Å². The van der Waals surface area contributed by atoms with Gasteiger partial charge < -0.3 is 19.1 Å². The molecule has 0 N–H and O–H groups in total. The number of sulfonamides is 1. The predicted molar refractivity (Wildman–Crippen MR) is 175 cm³/mol. The number of rotatable bonds is 9. The number of hydrogen-bond donors (Lipinski definition) is 0. The third kappa shape index (κ3) is 5.66. The monoisotopic (exact) mass is 646 g/mol. The Balaban J connectivity index is 1.49. The lowest BCUT2D eigenvalue weighted by molar-refractivity contribution is 0.0355. The van der Waals surface area contributed by atoms with Crippen molar-refractivity contribution in [3.05, 3.63) is 71.4 Å². The number of nitrogens with zero attached hydrogens (tertiary/aromatic N) is 6. The van der Waals surface area contributed by atoms with Gasteiger partial charge in [-0.3, -0.25) is 14.1 Å². The highest BCUT2D eigenvalue weighted by Crippen LogP contribution is 2.53. The van der Waals surface area contributed by atoms with Gasteiger partial charge in [0.15, 0.2) is 5.03 Å². The number of methoxy groups -OCH3 is 2. The first-order chi connectivity index (χ1) is 22.2. The van der Waals surface area contributed by atoms with Crippen molar-refractivity contribution in [1.82, 2.24) is 19.7 Å². The largest absolute Gasteiger partial charge is 0.497 e. The summed E-state index contributed by atoms with van der Waals surface area (Å²) in [6.45, 7) is 8.17. The van der Waals surface area contributed by atoms with Gasteiger partial charge in [0.1, 0.15) is 17.2 Å². The Morgan fingerprint density at radius 3 is 2.28 bits per heavy atom. The van der Waals surface area contributed by atoms with Crippen LogP contribution in [0, 0.1) is 11.3 Å². The molecule has 2 fully saturated rings. The van der Waals surface area contributed by atoms with Crippen molar-refractivity contribution >= 4 is 15.7 Å². The molecule has 46 heavy (non-hydrogen) atoms. The highest BCUT2D eigenvalue weighted by molar-refractivity contribution is 7.92. The van der Waals surface area contributed by atoms with E-state index in [1.807, 2.05) is 31.2 Å². The number of piperidine rings is 1. The first-order valence-electron chi connectivity index (χ1n) is 15.8. The molecule has 0 bridgehead atoms. The SMILES string of the molecule is CCOc1cc(OC)ccc1C1(N2CCC(N3CCN(C)CC3)CC2)CN(S(=O)(=O)c2ccc(OC)cn2)c2ccc(C#N)cc21. The van der Waals surface area contributed by atoms with Crippen LogP contribution < -0.4 is 18.5 Å². The number of aromatic nitrogens is 1. The fourth-order valence-corrected chi connectivity index (χ4v) is 8.64. The molecule has 0 aliphatic carbocycles. The van der Waals surface area contributed by atoms with E-state index in [9.17, 15) is 13.7 Å². The number of likely N-dealkylation sites (N-methyl/N-ethyl adjacent to an activating group) is 1. The van der Waals surface area contributed by atoms with Crippen LogP contribution in [-0.2, 0) is 15.6 Å². The van der Waals surface area contributed by atoms with Crippen LogP contribution in [0.25, 0.3) is 0 Å². The van der Waals surface area contributed by atoms with Crippen LogP contribution in [0.5, 0.6) is 17.2 Å². The molecule has 0 spiro atoms. The number of hydrogen-bond acceptors (Lipinski definition) is 10. The van der Waals surface area contributed by atoms with E-state index in [2.05, 4.69) is 32.8 Å². The number of benzene rings is 2. The lowest BCUT2D eigenvalue weighted by Crippen LogP contribution is -2.57. The Morgan fingerprint density at radius 2 is 1.65 bits per heavy atom. The highest BCUT2D eigenvalue weighted by atomic mass is 32.2. The van der Waals surface area contributed by atoms with Crippen molar-refractivity contribution in [2.45, 2.75) is 36.4 Å². The van der Waals surface area contributed by atoms with Crippen LogP contribution in [-0.4, -0.2) is 108 Å². The van der Waals surface area contributed by atoms with Crippen molar-refractivity contribution in [2.24, 2.45) is 0 Å². The maximum absolute atomic E-state index is 14.4. The fraction of sp³-hybridized carbons (Fsp3) is 0.471. The zero-order valence-corrected chi connectivity index (χ0v) is 27.8. The summed E-state index contributed by atoms with van der Waals surface area (Å²) >= 11 is 0. The Kier molecular flexibility index (Phi) is 9.12. The number of pyridine rings is 1. The van der Waals surface area contributed by atoms with Gasteiger partial charge in [0, 0.05) is 62.5 Å². The summed E-state index contributed by atoms with van der Waals surface area (Å²) in [6.07, 6.45) is 3.31. The Morgan fingerprint density at radius 1 is 0.935 bits per heavy atom. The Hall–Kier alpha value is -3.89. The third-order valence-electron chi connectivity index (χ3n) is 9.70. The molecule has 0 radical (unpaired) electrons. The zero-order chi connectivity index (χ0) is 32.5. The maximum atomic E-state index is 14.4. The summed E-state index contributed by atoms with van der Waals surface area (Å²) in [5, 5.41) is 9.93. The minimum absolute atomic E-state index is 0.0760. The lowest BCUT2D eigenvalue weighted by atomic mass is 9.80. The standard InChI is InChI=1S/C34H42N6O5S/c1-5-45-32-21-27(43-3)7-9-29(32)34(39-14-12-26(13-15-39)38-18-16-37(2)17-19-38)24-40(31-10-6-25(22-35)20-30(31)34)46(41,42)33-11-8-28(44-4)23-36-33/h6-11,20-21,23,26H,5,12-19,24H2,1-4H3. The predicted octanol–water partition coefficient (Wildman–Crippen LogP) is 3.53. The van der Waals surface area contributed by atoms with Crippen molar-refractivity contribution in [2.75, 3.05) is 78.0 Å². The molecular formula is C34H42N6O5S. The van der Waals surface area contributed by atoms with Gasteiger partial charge in [0.05, 0.1) is 56.4 Å². The Labute approximate surface area is 271 Å². The number of likely N-dealkylation sites (tertiary alicyclic amines) is 1. The first kappa shape index (κ1) is 32.1. The van der Waals surface area contributed by atoms with Crippen LogP contribution in [0.15, 0.2) is 59.8 Å². The molecule has 2 saturated heterocycles. The second-order valence-corrected chi connectivity index (χ2v) is 13.9. The molecule has 0 saturated carbocycles. The van der Waals surface area contributed by atoms with E-state index < -0.39 is 15.6 Å². The molecule has 3 aliphatic heterocycles. The third-order valence-corrected chi connectivity index (χ3v) is 11.4. The van der Waals surface area contributed by atoms with Crippen molar-refractivity contribution < 1.29 is 22.6 Å². The lowest BCUT2D eigenvalue weighted by Gasteiger charge is -2.48. The van der Waals surface area contributed by atoms with Crippen LogP contribution >= 0.6 is 0 Å². The van der Waals surface area contributed by atoms with Gasteiger partial charge in [0.2, 0.25) is 0 Å². The molecule has 6 rings (SSSR count). The summed E-state index contributed by atoms with van der Waals surface area (Å²) < 4.78 is 47.4. The van der Waals surface area contributed by atoms with Gasteiger partial charge in [-0.15, -0.1) is 0 Å². The van der Waals surface area contributed by atoms with E-state index in [0.717, 1.165) is 63.2 Å². The zero-order valence-electron chi connectivity index (χ0n) is 27.0. The fourth-order valence-electron chi connectivity index (χ4n) is 7.22. The molecule has 11 nitrogen and oxygen atoms in total. The molecule has 0 amide bonds. The van der Waals surface area contributed by atoms with Crippen LogP contribution in [0.3, 0.4) is 0 Å².